The van der Waals surface area contributed by atoms with Gasteiger partial charge < -0.3 is 19.6 Å². The van der Waals surface area contributed by atoms with E-state index in [1.807, 2.05) is 12.2 Å². The molecule has 7 rings (SSSR count). The van der Waals surface area contributed by atoms with Gasteiger partial charge in [-0.3, -0.25) is 19.1 Å². The lowest BCUT2D eigenvalue weighted by Gasteiger charge is -2.29. The number of hydrogen-bond acceptors (Lipinski definition) is 10. The summed E-state index contributed by atoms with van der Waals surface area (Å²) in [7, 11) is -2.29. The number of benzene rings is 1. The Hall–Kier alpha value is -4.09. The molecule has 0 bridgehead atoms. The van der Waals surface area contributed by atoms with Crippen molar-refractivity contribution < 1.29 is 45.8 Å². The molecule has 1 saturated heterocycles. The number of aryl methyl sites for hydroxylation is 1. The number of thiazole rings is 1. The van der Waals surface area contributed by atoms with Gasteiger partial charge in [0.05, 0.1) is 28.8 Å². The third kappa shape index (κ3) is 7.09. The van der Waals surface area contributed by atoms with Gasteiger partial charge in [0.2, 0.25) is 27.7 Å². The number of amides is 3. The second-order valence-corrected chi connectivity index (χ2v) is 18.2. The van der Waals surface area contributed by atoms with E-state index in [9.17, 15) is 41.1 Å². The van der Waals surface area contributed by atoms with Crippen LogP contribution in [-0.2, 0) is 37.2 Å². The number of pyridine rings is 1. The number of nitrogens with zero attached hydrogens (tertiary/aromatic N) is 4. The van der Waals surface area contributed by atoms with Gasteiger partial charge in [-0.05, 0) is 75.5 Å². The number of rotatable bonds is 7. The van der Waals surface area contributed by atoms with Gasteiger partial charge in [-0.1, -0.05) is 18.2 Å². The molecule has 54 heavy (non-hydrogen) atoms. The summed E-state index contributed by atoms with van der Waals surface area (Å²) in [6.07, 6.45) is 1.56. The Balaban J connectivity index is 1.21. The van der Waals surface area contributed by atoms with Gasteiger partial charge in [-0.2, -0.15) is 13.2 Å². The monoisotopic (exact) mass is 789 g/mol. The van der Waals surface area contributed by atoms with Crippen LogP contribution in [0, 0.1) is 18.3 Å². The Morgan fingerprint density at radius 2 is 1.94 bits per heavy atom. The van der Waals surface area contributed by atoms with Crippen molar-refractivity contribution in [2.45, 2.75) is 94.9 Å². The van der Waals surface area contributed by atoms with E-state index in [4.69, 9.17) is 4.74 Å². The van der Waals surface area contributed by atoms with Gasteiger partial charge in [0.1, 0.15) is 28.6 Å². The summed E-state index contributed by atoms with van der Waals surface area (Å²) in [6, 6.07) is 3.94. The summed E-state index contributed by atoms with van der Waals surface area (Å²) in [6.45, 7) is 3.44. The molecule has 0 unspecified atom stereocenters. The van der Waals surface area contributed by atoms with Crippen molar-refractivity contribution in [1.29, 1.82) is 0 Å². The van der Waals surface area contributed by atoms with Gasteiger partial charge >= 0.3 is 6.18 Å². The third-order valence-corrected chi connectivity index (χ3v) is 14.4. The average Bonchev–Trinajstić information content (AvgIpc) is 3.88. The lowest BCUT2D eigenvalue weighted by molar-refractivity contribution is -0.144. The molecule has 2 saturated carbocycles. The molecule has 3 amide bonds. The Morgan fingerprint density at radius 1 is 1.19 bits per heavy atom. The van der Waals surface area contributed by atoms with E-state index in [-0.39, 0.29) is 60.7 Å². The number of sulfonamides is 1. The summed E-state index contributed by atoms with van der Waals surface area (Å²) >= 11 is 0.775. The summed E-state index contributed by atoms with van der Waals surface area (Å²) in [5.41, 5.74) is -0.686. The highest BCUT2D eigenvalue weighted by Crippen LogP contribution is 2.57. The fraction of sp³-hybridized carbons (Fsp3) is 0.541. The van der Waals surface area contributed by atoms with Crippen molar-refractivity contribution in [1.82, 2.24) is 24.5 Å². The first kappa shape index (κ1) is 38.2. The van der Waals surface area contributed by atoms with Crippen LogP contribution in [0.1, 0.15) is 75.1 Å². The minimum absolute atomic E-state index is 0.00689. The van der Waals surface area contributed by atoms with Crippen molar-refractivity contribution >= 4 is 50.0 Å². The number of ether oxygens (including phenoxy) is 1. The zero-order valence-corrected chi connectivity index (χ0v) is 31.7. The number of likely N-dealkylation sites (N-methyl/N-ethyl adjacent to an activating group) is 1. The predicted molar refractivity (Wildman–Crippen MR) is 194 cm³/mol. The first-order valence-electron chi connectivity index (χ1n) is 18.0. The molecule has 0 spiro atoms. The van der Waals surface area contributed by atoms with Crippen molar-refractivity contribution in [2.24, 2.45) is 11.3 Å². The molecule has 2 N–H and O–H groups in total. The van der Waals surface area contributed by atoms with Crippen LogP contribution in [0.3, 0.4) is 0 Å². The number of nitrogens with one attached hydrogen (secondary N) is 1. The molecule has 3 aromatic rings. The molecule has 12 nitrogen and oxygen atoms in total. The van der Waals surface area contributed by atoms with Gasteiger partial charge in [0.15, 0.2) is 5.69 Å². The second kappa shape index (κ2) is 13.9. The lowest BCUT2D eigenvalue weighted by atomic mass is 9.96. The van der Waals surface area contributed by atoms with Gasteiger partial charge in [-0.15, -0.1) is 11.3 Å². The largest absolute Gasteiger partial charge is 0.488 e. The summed E-state index contributed by atoms with van der Waals surface area (Å²) < 4.78 is 74.4. The van der Waals surface area contributed by atoms with Crippen LogP contribution in [0.4, 0.5) is 13.2 Å². The zero-order valence-electron chi connectivity index (χ0n) is 30.1. The zero-order chi connectivity index (χ0) is 38.8. The highest BCUT2D eigenvalue weighted by molar-refractivity contribution is 7.91. The van der Waals surface area contributed by atoms with Crippen molar-refractivity contribution in [3.05, 3.63) is 52.6 Å². The van der Waals surface area contributed by atoms with Crippen LogP contribution >= 0.6 is 11.3 Å². The molecule has 4 aliphatic rings. The number of fused-ring (bicyclic) bond motifs is 3. The Bertz CT molecular complexity index is 2150. The van der Waals surface area contributed by atoms with Crippen LogP contribution in [0.25, 0.3) is 21.6 Å². The molecule has 290 valence electrons. The molecule has 17 heteroatoms. The van der Waals surface area contributed by atoms with E-state index in [1.165, 1.54) is 11.0 Å². The minimum Gasteiger partial charge on any atom is -0.488 e. The number of aliphatic hydroxyl groups excluding tert-OH is 1. The topological polar surface area (TPSA) is 159 Å². The smallest absolute Gasteiger partial charge is 0.434 e. The molecular weight excluding hydrogens is 748 g/mol. The molecule has 1 aromatic carbocycles. The summed E-state index contributed by atoms with van der Waals surface area (Å²) in [5.74, 6) is -1.61. The lowest BCUT2D eigenvalue weighted by Crippen LogP contribution is -2.49. The van der Waals surface area contributed by atoms with E-state index >= 15 is 0 Å². The highest BCUT2D eigenvalue weighted by atomic mass is 32.2. The average molecular weight is 790 g/mol. The van der Waals surface area contributed by atoms with Crippen molar-refractivity contribution in [2.75, 3.05) is 20.1 Å². The van der Waals surface area contributed by atoms with Crippen LogP contribution in [0.2, 0.25) is 0 Å². The number of allylic oxidation sites excluding steroid dienone is 2. The summed E-state index contributed by atoms with van der Waals surface area (Å²) in [5, 5.41) is 11.4. The number of halogens is 3. The number of aliphatic hydroxyl groups is 1. The number of aromatic nitrogens is 2. The van der Waals surface area contributed by atoms with Crippen LogP contribution in [-0.4, -0.2) is 88.0 Å². The second-order valence-electron chi connectivity index (χ2n) is 15.2. The van der Waals surface area contributed by atoms with Gasteiger partial charge in [-0.25, -0.2) is 18.4 Å². The fourth-order valence-corrected chi connectivity index (χ4v) is 9.56. The highest BCUT2D eigenvalue weighted by Gasteiger charge is 2.62. The molecule has 2 aliphatic heterocycles. The summed E-state index contributed by atoms with van der Waals surface area (Å²) in [4.78, 5) is 53.4. The van der Waals surface area contributed by atoms with Crippen LogP contribution in [0.15, 0.2) is 35.7 Å². The Morgan fingerprint density at radius 3 is 2.63 bits per heavy atom. The van der Waals surface area contributed by atoms with Crippen LogP contribution in [0.5, 0.6) is 5.75 Å². The normalized spacial score (nSPS) is 26.5. The van der Waals surface area contributed by atoms with Crippen LogP contribution < -0.4 is 9.46 Å². The third-order valence-electron chi connectivity index (χ3n) is 11.4. The van der Waals surface area contributed by atoms with Crippen molar-refractivity contribution in [3.63, 3.8) is 0 Å². The van der Waals surface area contributed by atoms with Gasteiger partial charge in [0, 0.05) is 43.3 Å². The molecule has 0 radical (unpaired) electrons. The number of hydrogen-bond donors (Lipinski definition) is 2. The van der Waals surface area contributed by atoms with Crippen molar-refractivity contribution in [3.8, 4) is 16.5 Å². The molecule has 2 aliphatic carbocycles. The maximum atomic E-state index is 14.3. The Kier molecular flexibility index (Phi) is 9.82. The number of carbonyl (C=O) groups is 3. The van der Waals surface area contributed by atoms with E-state index in [1.54, 1.807) is 37.9 Å². The fourth-order valence-electron chi connectivity index (χ4n) is 7.44. The standard InChI is InChI=1S/C37H42F3N5O7S2/c1-21-22(19-46)9-10-25-28(15-26(41-31(21)25)32-42-29(20-53-32)37(38,39)40)52-24-14-27-33(48)44(3)13-7-5-4-6-8-23-16-36(23,17-30(47)45(27)18-24)34(49)43-54(50,51)35(2)11-12-35/h6,8-10,15,20,23-24,27,46H,4-5,7,11-14,16-19H2,1-3H3,(H,43,49)/b8-6-/t23-,24-,27-,36+/m0/s1. The van der Waals surface area contributed by atoms with Gasteiger partial charge in [0.25, 0.3) is 0 Å². The Labute approximate surface area is 314 Å². The maximum absolute atomic E-state index is 14.3. The van der Waals surface area contributed by atoms with E-state index in [2.05, 4.69) is 14.7 Å². The molecular formula is C37H42F3N5O7S2. The first-order valence-corrected chi connectivity index (χ1v) is 20.3. The maximum Gasteiger partial charge on any atom is 0.434 e. The molecule has 4 heterocycles. The minimum atomic E-state index is -4.66. The first-order chi connectivity index (χ1) is 25.5. The molecule has 2 aromatic heterocycles. The number of alkyl halides is 3. The SMILES string of the molecule is Cc1c(CO)ccc2c(O[C@H]3C[C@H]4C(=O)N(C)CCCC/C=C\[C@H]5C[C@@]5(C(=O)NS(=O)(=O)C5(C)CC5)CC(=O)N4C3)cc(-c3nc(C(F)(F)F)cs3)nc12. The number of carbonyl (C=O) groups excluding carboxylic acids is 3. The quantitative estimate of drug-likeness (QED) is 0.310. The predicted octanol–water partition coefficient (Wildman–Crippen LogP) is 5.12. The molecule has 3 fully saturated rings. The van der Waals surface area contributed by atoms with E-state index < -0.39 is 56.0 Å². The molecule has 4 atom stereocenters. The van der Waals surface area contributed by atoms with E-state index in [0.717, 1.165) is 23.1 Å². The van der Waals surface area contributed by atoms with E-state index in [0.29, 0.717) is 54.3 Å².